The van der Waals surface area contributed by atoms with Crippen LogP contribution in [0.15, 0.2) is 48.5 Å². The van der Waals surface area contributed by atoms with Crippen LogP contribution in [0.3, 0.4) is 0 Å². The Hall–Kier alpha value is -3.15. The van der Waals surface area contributed by atoms with Crippen LogP contribution in [-0.2, 0) is 24.8 Å². The van der Waals surface area contributed by atoms with E-state index in [0.29, 0.717) is 5.56 Å². The zero-order chi connectivity index (χ0) is 18.9. The second kappa shape index (κ2) is 6.63. The Kier molecular flexibility index (Phi) is 4.50. The summed E-state index contributed by atoms with van der Waals surface area (Å²) in [5.74, 6) is -3.48. The average molecular weight is 354 g/mol. The predicted molar refractivity (Wildman–Crippen MR) is 91.6 cm³/mol. The van der Waals surface area contributed by atoms with Gasteiger partial charge in [0.05, 0.1) is 5.56 Å². The van der Waals surface area contributed by atoms with E-state index in [4.69, 9.17) is 14.2 Å². The second-order valence-corrected chi connectivity index (χ2v) is 6.08. The number of hydrogen-bond donors (Lipinski definition) is 0. The third-order valence-electron chi connectivity index (χ3n) is 4.00. The predicted octanol–water partition coefficient (Wildman–Crippen LogP) is 2.92. The van der Waals surface area contributed by atoms with Gasteiger partial charge in [-0.2, -0.15) is 0 Å². The minimum Gasteiger partial charge on any atom is -0.445 e. The molecule has 0 saturated heterocycles. The summed E-state index contributed by atoms with van der Waals surface area (Å²) in [5, 5.41) is 0. The molecule has 0 spiro atoms. The summed E-state index contributed by atoms with van der Waals surface area (Å²) < 4.78 is 16.8. The summed E-state index contributed by atoms with van der Waals surface area (Å²) in [7, 11) is 0. The number of rotatable bonds is 3. The van der Waals surface area contributed by atoms with E-state index < -0.39 is 29.6 Å². The summed E-state index contributed by atoms with van der Waals surface area (Å²) in [6.45, 7) is 4.22. The molecule has 6 nitrogen and oxygen atoms in total. The third kappa shape index (κ3) is 3.06. The maximum absolute atomic E-state index is 13.1. The SMILES string of the molecule is CC(=O)OC1C(=O)c2cc(C)ccc2OC1(OC(C)=O)c1ccccc1. The Balaban J connectivity index is 2.25. The first-order valence-electron chi connectivity index (χ1n) is 8.09. The number of fused-ring (bicyclic) bond motifs is 1. The van der Waals surface area contributed by atoms with Crippen molar-refractivity contribution in [3.05, 3.63) is 65.2 Å². The molecule has 0 saturated carbocycles. The third-order valence-corrected chi connectivity index (χ3v) is 4.00. The lowest BCUT2D eigenvalue weighted by atomic mass is 9.89. The Labute approximate surface area is 150 Å². The Bertz CT molecular complexity index is 873. The van der Waals surface area contributed by atoms with Gasteiger partial charge in [-0.1, -0.05) is 42.0 Å². The van der Waals surface area contributed by atoms with E-state index in [1.807, 2.05) is 6.92 Å². The van der Waals surface area contributed by atoms with E-state index in [1.165, 1.54) is 13.8 Å². The van der Waals surface area contributed by atoms with Gasteiger partial charge in [0.15, 0.2) is 0 Å². The van der Waals surface area contributed by atoms with Gasteiger partial charge in [0.2, 0.25) is 11.9 Å². The van der Waals surface area contributed by atoms with Gasteiger partial charge >= 0.3 is 17.7 Å². The highest BCUT2D eigenvalue weighted by molar-refractivity contribution is 6.04. The molecule has 0 aromatic heterocycles. The number of Topliss-reactive ketones (excluding diaryl/α,β-unsaturated/α-hetero) is 1. The highest BCUT2D eigenvalue weighted by Crippen LogP contribution is 2.42. The van der Waals surface area contributed by atoms with Gasteiger partial charge in [-0.05, 0) is 19.1 Å². The van der Waals surface area contributed by atoms with Crippen molar-refractivity contribution in [2.24, 2.45) is 0 Å². The van der Waals surface area contributed by atoms with E-state index in [0.717, 1.165) is 5.56 Å². The minimum absolute atomic E-state index is 0.258. The number of hydrogen-bond acceptors (Lipinski definition) is 6. The molecular weight excluding hydrogens is 336 g/mol. The van der Waals surface area contributed by atoms with Gasteiger partial charge in [0, 0.05) is 19.4 Å². The van der Waals surface area contributed by atoms with Crippen LogP contribution < -0.4 is 4.74 Å². The van der Waals surface area contributed by atoms with Crippen LogP contribution in [-0.4, -0.2) is 23.8 Å². The first-order chi connectivity index (χ1) is 12.3. The monoisotopic (exact) mass is 354 g/mol. The van der Waals surface area contributed by atoms with Crippen molar-refractivity contribution in [1.82, 2.24) is 0 Å². The van der Waals surface area contributed by atoms with E-state index in [1.54, 1.807) is 48.5 Å². The highest BCUT2D eigenvalue weighted by atomic mass is 16.7. The normalized spacial score (nSPS) is 21.3. The number of ketones is 1. The van der Waals surface area contributed by atoms with Gasteiger partial charge in [-0.15, -0.1) is 0 Å². The van der Waals surface area contributed by atoms with E-state index >= 15 is 0 Å². The summed E-state index contributed by atoms with van der Waals surface area (Å²) in [6, 6.07) is 13.5. The molecule has 0 N–H and O–H groups in total. The Morgan fingerprint density at radius 2 is 1.73 bits per heavy atom. The van der Waals surface area contributed by atoms with Gasteiger partial charge in [0.1, 0.15) is 5.75 Å². The van der Waals surface area contributed by atoms with Gasteiger partial charge in [0.25, 0.3) is 0 Å². The maximum Gasteiger partial charge on any atom is 0.326 e. The molecule has 2 aromatic carbocycles. The Morgan fingerprint density at radius 3 is 2.35 bits per heavy atom. The van der Waals surface area contributed by atoms with Crippen LogP contribution >= 0.6 is 0 Å². The first-order valence-corrected chi connectivity index (χ1v) is 8.09. The number of ether oxygens (including phenoxy) is 3. The fourth-order valence-electron chi connectivity index (χ4n) is 2.98. The van der Waals surface area contributed by atoms with Gasteiger partial charge in [-0.3, -0.25) is 14.4 Å². The first kappa shape index (κ1) is 17.7. The van der Waals surface area contributed by atoms with E-state index in [2.05, 4.69) is 0 Å². The minimum atomic E-state index is -1.89. The van der Waals surface area contributed by atoms with Crippen molar-refractivity contribution < 1.29 is 28.6 Å². The van der Waals surface area contributed by atoms with Crippen LogP contribution in [0.25, 0.3) is 0 Å². The smallest absolute Gasteiger partial charge is 0.326 e. The van der Waals surface area contributed by atoms with Crippen LogP contribution in [0.5, 0.6) is 5.75 Å². The Morgan fingerprint density at radius 1 is 1.04 bits per heavy atom. The summed E-state index contributed by atoms with van der Waals surface area (Å²) in [6.07, 6.45) is -1.46. The van der Waals surface area contributed by atoms with Crippen molar-refractivity contribution in [1.29, 1.82) is 0 Å². The van der Waals surface area contributed by atoms with Crippen LogP contribution in [0.4, 0.5) is 0 Å². The molecule has 0 bridgehead atoms. The lowest BCUT2D eigenvalue weighted by Crippen LogP contribution is -2.56. The topological polar surface area (TPSA) is 78.9 Å². The molecule has 2 unspecified atom stereocenters. The molecule has 0 amide bonds. The molecule has 6 heteroatoms. The maximum atomic E-state index is 13.1. The number of carbonyl (C=O) groups excluding carboxylic acids is 3. The van der Waals surface area contributed by atoms with E-state index in [9.17, 15) is 14.4 Å². The average Bonchev–Trinajstić information content (AvgIpc) is 2.59. The molecule has 2 aromatic rings. The number of esters is 2. The molecule has 1 aliphatic rings. The zero-order valence-corrected chi connectivity index (χ0v) is 14.6. The fourth-order valence-corrected chi connectivity index (χ4v) is 2.98. The van der Waals surface area contributed by atoms with E-state index in [-0.39, 0.29) is 11.3 Å². The largest absolute Gasteiger partial charge is 0.445 e. The quantitative estimate of drug-likeness (QED) is 0.789. The lowest BCUT2D eigenvalue weighted by molar-refractivity contribution is -0.238. The lowest BCUT2D eigenvalue weighted by Gasteiger charge is -2.41. The number of carbonyl (C=O) groups is 3. The van der Waals surface area contributed by atoms with Gasteiger partial charge in [-0.25, -0.2) is 0 Å². The fraction of sp³-hybridized carbons (Fsp3) is 0.250. The molecule has 2 atom stereocenters. The molecular formula is C20H18O6. The molecule has 0 fully saturated rings. The molecule has 1 heterocycles. The van der Waals surface area contributed by atoms with Crippen molar-refractivity contribution in [2.45, 2.75) is 32.7 Å². The molecule has 134 valence electrons. The summed E-state index contributed by atoms with van der Waals surface area (Å²) >= 11 is 0. The molecule has 1 aliphatic heterocycles. The van der Waals surface area contributed by atoms with Crippen molar-refractivity contribution in [3.63, 3.8) is 0 Å². The zero-order valence-electron chi connectivity index (χ0n) is 14.6. The molecule has 0 radical (unpaired) electrons. The standard InChI is InChI=1S/C20H18O6/c1-12-9-10-17-16(11-12)18(23)19(24-13(2)21)20(26-17,25-14(3)22)15-7-5-4-6-8-15/h4-11,19H,1-3H3. The van der Waals surface area contributed by atoms with Crippen LogP contribution in [0.2, 0.25) is 0 Å². The molecule has 3 rings (SSSR count). The number of aryl methyl sites for hydroxylation is 1. The highest BCUT2D eigenvalue weighted by Gasteiger charge is 2.56. The van der Waals surface area contributed by atoms with Crippen molar-refractivity contribution in [3.8, 4) is 5.75 Å². The van der Waals surface area contributed by atoms with Crippen LogP contribution in [0.1, 0.15) is 35.3 Å². The second-order valence-electron chi connectivity index (χ2n) is 6.08. The molecule has 26 heavy (non-hydrogen) atoms. The van der Waals surface area contributed by atoms with Crippen LogP contribution in [0, 0.1) is 6.92 Å². The summed E-state index contributed by atoms with van der Waals surface area (Å²) in [4.78, 5) is 36.6. The molecule has 0 aliphatic carbocycles. The number of benzene rings is 2. The van der Waals surface area contributed by atoms with Crippen molar-refractivity contribution in [2.75, 3.05) is 0 Å². The van der Waals surface area contributed by atoms with Gasteiger partial charge < -0.3 is 14.2 Å². The van der Waals surface area contributed by atoms with Crippen molar-refractivity contribution >= 4 is 17.7 Å². The summed E-state index contributed by atoms with van der Waals surface area (Å²) in [5.41, 5.74) is 1.51.